The predicted octanol–water partition coefficient (Wildman–Crippen LogP) is 1.80. The van der Waals surface area contributed by atoms with Gasteiger partial charge in [0.2, 0.25) is 0 Å². The summed E-state index contributed by atoms with van der Waals surface area (Å²) in [6.07, 6.45) is 1.79. The second-order valence-electron chi connectivity index (χ2n) is 5.25. The lowest BCUT2D eigenvalue weighted by Gasteiger charge is -2.34. The third kappa shape index (κ3) is 2.42. The lowest BCUT2D eigenvalue weighted by Crippen LogP contribution is -2.43. The molecule has 2 atom stereocenters. The van der Waals surface area contributed by atoms with E-state index in [9.17, 15) is 19.3 Å². The van der Waals surface area contributed by atoms with E-state index in [-0.39, 0.29) is 17.9 Å². The van der Waals surface area contributed by atoms with Crippen molar-refractivity contribution in [2.24, 2.45) is 0 Å². The van der Waals surface area contributed by atoms with Crippen LogP contribution in [0.15, 0.2) is 12.1 Å². The van der Waals surface area contributed by atoms with E-state index < -0.39 is 28.0 Å². The standard InChI is InChI=1S/C13H13FN2O5/c14-10-4-11(16(19)20)9(13(17)18)3-12(10)15-5-7-1-2-8(6-15)21-7/h3-4,7-8H,1-2,5-6H2,(H,17,18). The summed E-state index contributed by atoms with van der Waals surface area (Å²) in [5, 5.41) is 19.9. The van der Waals surface area contributed by atoms with Crippen molar-refractivity contribution in [1.82, 2.24) is 0 Å². The maximum absolute atomic E-state index is 14.1. The molecule has 0 spiro atoms. The first-order chi connectivity index (χ1) is 9.95. The summed E-state index contributed by atoms with van der Waals surface area (Å²) in [6.45, 7) is 0.925. The number of nitro groups is 1. The Hall–Kier alpha value is -2.22. The Bertz CT molecular complexity index is 609. The van der Waals surface area contributed by atoms with Gasteiger partial charge in [-0.25, -0.2) is 9.18 Å². The fraction of sp³-hybridized carbons (Fsp3) is 0.462. The Balaban J connectivity index is 2.00. The van der Waals surface area contributed by atoms with E-state index in [1.54, 1.807) is 4.90 Å². The van der Waals surface area contributed by atoms with Crippen LogP contribution in [0.5, 0.6) is 0 Å². The first-order valence-electron chi connectivity index (χ1n) is 6.57. The number of anilines is 1. The minimum absolute atomic E-state index is 0.00613. The van der Waals surface area contributed by atoms with Crippen molar-refractivity contribution in [3.63, 3.8) is 0 Å². The molecule has 2 saturated heterocycles. The molecular formula is C13H13FN2O5. The molecule has 3 rings (SSSR count). The molecule has 2 aliphatic heterocycles. The Morgan fingerprint density at radius 2 is 2.00 bits per heavy atom. The summed E-state index contributed by atoms with van der Waals surface area (Å²) >= 11 is 0. The van der Waals surface area contributed by atoms with Crippen LogP contribution < -0.4 is 4.90 Å². The molecule has 0 radical (unpaired) electrons. The van der Waals surface area contributed by atoms with Crippen molar-refractivity contribution in [2.75, 3.05) is 18.0 Å². The number of hydrogen-bond donors (Lipinski definition) is 1. The number of morpholine rings is 1. The quantitative estimate of drug-likeness (QED) is 0.675. The van der Waals surface area contributed by atoms with Crippen molar-refractivity contribution in [3.05, 3.63) is 33.6 Å². The number of nitro benzene ring substituents is 1. The molecule has 2 bridgehead atoms. The van der Waals surface area contributed by atoms with E-state index in [2.05, 4.69) is 0 Å². The average Bonchev–Trinajstić information content (AvgIpc) is 2.76. The maximum atomic E-state index is 14.1. The molecule has 1 aromatic carbocycles. The predicted molar refractivity (Wildman–Crippen MR) is 70.1 cm³/mol. The number of halogens is 1. The summed E-state index contributed by atoms with van der Waals surface area (Å²) in [4.78, 5) is 22.8. The molecule has 0 saturated carbocycles. The molecule has 21 heavy (non-hydrogen) atoms. The van der Waals surface area contributed by atoms with Crippen LogP contribution in [0.4, 0.5) is 15.8 Å². The van der Waals surface area contributed by atoms with Gasteiger partial charge >= 0.3 is 5.97 Å². The topological polar surface area (TPSA) is 92.9 Å². The molecule has 0 aromatic heterocycles. The highest BCUT2D eigenvalue weighted by atomic mass is 19.1. The van der Waals surface area contributed by atoms with Crippen LogP contribution in [0, 0.1) is 15.9 Å². The Labute approximate surface area is 119 Å². The molecule has 2 fully saturated rings. The highest BCUT2D eigenvalue weighted by Gasteiger charge is 2.35. The van der Waals surface area contributed by atoms with Crippen LogP contribution >= 0.6 is 0 Å². The van der Waals surface area contributed by atoms with E-state index >= 15 is 0 Å². The lowest BCUT2D eigenvalue weighted by atomic mass is 10.1. The van der Waals surface area contributed by atoms with Gasteiger partial charge in [0.05, 0.1) is 28.9 Å². The monoisotopic (exact) mass is 296 g/mol. The molecule has 2 heterocycles. The third-order valence-corrected chi connectivity index (χ3v) is 3.88. The molecule has 2 aliphatic rings. The highest BCUT2D eigenvalue weighted by Crippen LogP contribution is 2.34. The number of benzene rings is 1. The second-order valence-corrected chi connectivity index (χ2v) is 5.25. The van der Waals surface area contributed by atoms with Gasteiger partial charge in [-0.3, -0.25) is 10.1 Å². The fourth-order valence-corrected chi connectivity index (χ4v) is 2.93. The number of aromatic carboxylic acids is 1. The van der Waals surface area contributed by atoms with Crippen molar-refractivity contribution >= 4 is 17.3 Å². The van der Waals surface area contributed by atoms with Gasteiger partial charge in [0, 0.05) is 13.1 Å². The summed E-state index contributed by atoms with van der Waals surface area (Å²) in [5.74, 6) is -2.23. The van der Waals surface area contributed by atoms with E-state index in [4.69, 9.17) is 9.84 Å². The fourth-order valence-electron chi connectivity index (χ4n) is 2.93. The maximum Gasteiger partial charge on any atom is 0.342 e. The van der Waals surface area contributed by atoms with E-state index in [1.165, 1.54) is 0 Å². The molecule has 1 N–H and O–H groups in total. The van der Waals surface area contributed by atoms with Crippen LogP contribution in [0.1, 0.15) is 23.2 Å². The number of ether oxygens (including phenoxy) is 1. The lowest BCUT2D eigenvalue weighted by molar-refractivity contribution is -0.385. The minimum atomic E-state index is -1.45. The number of rotatable bonds is 3. The number of fused-ring (bicyclic) bond motifs is 2. The van der Waals surface area contributed by atoms with Crippen LogP contribution in [0.25, 0.3) is 0 Å². The first kappa shape index (κ1) is 13.7. The summed E-state index contributed by atoms with van der Waals surface area (Å²) in [5.41, 5.74) is -1.16. The molecule has 1 aromatic rings. The summed E-state index contributed by atoms with van der Waals surface area (Å²) < 4.78 is 19.8. The van der Waals surface area contributed by atoms with Crippen molar-refractivity contribution < 1.29 is 24.0 Å². The largest absolute Gasteiger partial charge is 0.477 e. The van der Waals surface area contributed by atoms with E-state index in [1.807, 2.05) is 0 Å². The van der Waals surface area contributed by atoms with Crippen LogP contribution in [-0.4, -0.2) is 41.3 Å². The molecule has 8 heteroatoms. The van der Waals surface area contributed by atoms with Gasteiger partial charge in [-0.2, -0.15) is 0 Å². The van der Waals surface area contributed by atoms with Crippen molar-refractivity contribution in [1.29, 1.82) is 0 Å². The minimum Gasteiger partial charge on any atom is -0.477 e. The van der Waals surface area contributed by atoms with Crippen LogP contribution in [-0.2, 0) is 4.74 Å². The Morgan fingerprint density at radius 1 is 1.38 bits per heavy atom. The SMILES string of the molecule is O=C(O)c1cc(N2CC3CCC(C2)O3)c(F)cc1[N+](=O)[O-]. The second kappa shape index (κ2) is 4.96. The molecule has 0 amide bonds. The van der Waals surface area contributed by atoms with Gasteiger partial charge in [0.15, 0.2) is 5.82 Å². The van der Waals surface area contributed by atoms with Gasteiger partial charge in [-0.05, 0) is 18.9 Å². The molecule has 112 valence electrons. The van der Waals surface area contributed by atoms with E-state index in [0.717, 1.165) is 18.9 Å². The van der Waals surface area contributed by atoms with Crippen molar-refractivity contribution in [3.8, 4) is 0 Å². The van der Waals surface area contributed by atoms with Crippen LogP contribution in [0.3, 0.4) is 0 Å². The van der Waals surface area contributed by atoms with E-state index in [0.29, 0.717) is 19.2 Å². The smallest absolute Gasteiger partial charge is 0.342 e. The molecule has 0 aliphatic carbocycles. The third-order valence-electron chi connectivity index (χ3n) is 3.88. The van der Waals surface area contributed by atoms with Gasteiger partial charge in [-0.15, -0.1) is 0 Å². The normalized spacial score (nSPS) is 24.1. The Kier molecular flexibility index (Phi) is 3.25. The summed E-state index contributed by atoms with van der Waals surface area (Å²) in [7, 11) is 0. The number of hydrogen-bond acceptors (Lipinski definition) is 5. The first-order valence-corrected chi connectivity index (χ1v) is 6.57. The van der Waals surface area contributed by atoms with Gasteiger partial charge in [0.1, 0.15) is 5.56 Å². The molecular weight excluding hydrogens is 283 g/mol. The zero-order valence-electron chi connectivity index (χ0n) is 11.0. The van der Waals surface area contributed by atoms with Crippen LogP contribution in [0.2, 0.25) is 0 Å². The number of carboxylic acids is 1. The van der Waals surface area contributed by atoms with Crippen molar-refractivity contribution in [2.45, 2.75) is 25.0 Å². The molecule has 7 nitrogen and oxygen atoms in total. The van der Waals surface area contributed by atoms with Gasteiger partial charge < -0.3 is 14.7 Å². The average molecular weight is 296 g/mol. The number of carbonyl (C=O) groups is 1. The highest BCUT2D eigenvalue weighted by molar-refractivity contribution is 5.93. The van der Waals surface area contributed by atoms with Gasteiger partial charge in [0.25, 0.3) is 5.69 Å². The number of nitrogens with zero attached hydrogens (tertiary/aromatic N) is 2. The zero-order chi connectivity index (χ0) is 15.1. The zero-order valence-corrected chi connectivity index (χ0v) is 11.0. The van der Waals surface area contributed by atoms with Gasteiger partial charge in [-0.1, -0.05) is 0 Å². The molecule has 2 unspecified atom stereocenters. The summed E-state index contributed by atoms with van der Waals surface area (Å²) in [6, 6.07) is 1.72. The Morgan fingerprint density at radius 3 is 2.52 bits per heavy atom. The number of carboxylic acid groups (broad SMARTS) is 1.